The molecule has 0 radical (unpaired) electrons. The molecule has 3 aromatic carbocycles. The Labute approximate surface area is 192 Å². The van der Waals surface area contributed by atoms with E-state index in [2.05, 4.69) is 0 Å². The third kappa shape index (κ3) is 4.21. The maximum Gasteiger partial charge on any atom is 0.203 e. The van der Waals surface area contributed by atoms with Crippen LogP contribution in [0.5, 0.6) is 17.2 Å². The van der Waals surface area contributed by atoms with E-state index in [0.717, 1.165) is 16.8 Å². The third-order valence-corrected chi connectivity index (χ3v) is 5.41. The lowest BCUT2D eigenvalue weighted by molar-refractivity contribution is 0.103. The molecular weight excluding hydrogens is 418 g/mol. The topological polar surface area (TPSA) is 102 Å². The van der Waals surface area contributed by atoms with Gasteiger partial charge in [0.2, 0.25) is 5.75 Å². The van der Waals surface area contributed by atoms with Gasteiger partial charge in [-0.2, -0.15) is 0 Å². The molecule has 0 bridgehead atoms. The number of rotatable bonds is 7. The molecule has 0 aliphatic heterocycles. The molecular formula is C26H25N3O4. The summed E-state index contributed by atoms with van der Waals surface area (Å²) in [4.78, 5) is 13.7. The van der Waals surface area contributed by atoms with Gasteiger partial charge in [-0.25, -0.2) is 0 Å². The molecule has 1 aromatic heterocycles. The van der Waals surface area contributed by atoms with E-state index in [9.17, 15) is 4.79 Å². The first-order valence-electron chi connectivity index (χ1n) is 10.2. The summed E-state index contributed by atoms with van der Waals surface area (Å²) in [5.74, 6) is 1.06. The molecule has 0 saturated heterocycles. The number of benzene rings is 3. The number of ether oxygens (including phenoxy) is 3. The van der Waals surface area contributed by atoms with Gasteiger partial charge >= 0.3 is 0 Å². The number of nitrogens with two attached hydrogens (primary N) is 2. The predicted octanol–water partition coefficient (Wildman–Crippen LogP) is 4.57. The lowest BCUT2D eigenvalue weighted by Gasteiger charge is -2.14. The molecule has 0 aliphatic rings. The zero-order valence-electron chi connectivity index (χ0n) is 18.7. The molecule has 0 unspecified atom stereocenters. The second kappa shape index (κ2) is 9.00. The summed E-state index contributed by atoms with van der Waals surface area (Å²) >= 11 is 0. The number of carbonyl (C=O) groups is 1. The minimum Gasteiger partial charge on any atom is -0.493 e. The van der Waals surface area contributed by atoms with Crippen molar-refractivity contribution in [1.82, 2.24) is 4.57 Å². The molecule has 0 amide bonds. The van der Waals surface area contributed by atoms with E-state index >= 15 is 0 Å². The summed E-state index contributed by atoms with van der Waals surface area (Å²) in [6, 6.07) is 18.1. The Kier molecular flexibility index (Phi) is 5.95. The van der Waals surface area contributed by atoms with Crippen molar-refractivity contribution in [1.29, 1.82) is 0 Å². The normalized spacial score (nSPS) is 10.6. The quantitative estimate of drug-likeness (QED) is 0.321. The first-order valence-corrected chi connectivity index (χ1v) is 10.2. The zero-order chi connectivity index (χ0) is 23.5. The highest BCUT2D eigenvalue weighted by Crippen LogP contribution is 2.39. The van der Waals surface area contributed by atoms with Crippen molar-refractivity contribution in [3.05, 3.63) is 84.2 Å². The fourth-order valence-electron chi connectivity index (χ4n) is 3.69. The molecule has 0 aliphatic carbocycles. The van der Waals surface area contributed by atoms with E-state index < -0.39 is 0 Å². The van der Waals surface area contributed by atoms with Gasteiger partial charge in [-0.3, -0.25) is 4.79 Å². The Bertz CT molecular complexity index is 1270. The van der Waals surface area contributed by atoms with E-state index in [1.54, 1.807) is 12.1 Å². The van der Waals surface area contributed by atoms with Crippen molar-refractivity contribution < 1.29 is 19.0 Å². The van der Waals surface area contributed by atoms with Gasteiger partial charge in [0.15, 0.2) is 17.3 Å². The van der Waals surface area contributed by atoms with Crippen molar-refractivity contribution in [3.8, 4) is 34.1 Å². The number of ketones is 1. The molecule has 0 atom stereocenters. The number of aromatic nitrogens is 1. The molecule has 0 fully saturated rings. The van der Waals surface area contributed by atoms with Gasteiger partial charge in [0.05, 0.1) is 21.3 Å². The van der Waals surface area contributed by atoms with Crippen molar-refractivity contribution in [2.24, 2.45) is 0 Å². The first-order chi connectivity index (χ1) is 15.9. The van der Waals surface area contributed by atoms with E-state index in [1.165, 1.54) is 21.3 Å². The Morgan fingerprint density at radius 1 is 0.758 bits per heavy atom. The van der Waals surface area contributed by atoms with Crippen molar-refractivity contribution in [2.75, 3.05) is 32.8 Å². The number of methoxy groups -OCH3 is 3. The van der Waals surface area contributed by atoms with Crippen LogP contribution in [0.1, 0.15) is 15.9 Å². The van der Waals surface area contributed by atoms with Crippen molar-refractivity contribution in [2.45, 2.75) is 0 Å². The maximum absolute atomic E-state index is 13.7. The Balaban J connectivity index is 1.87. The Morgan fingerprint density at radius 2 is 1.30 bits per heavy atom. The Hall–Kier alpha value is -4.39. The van der Waals surface area contributed by atoms with E-state index in [1.807, 2.05) is 65.5 Å². The van der Waals surface area contributed by atoms with Crippen molar-refractivity contribution in [3.63, 3.8) is 0 Å². The van der Waals surface area contributed by atoms with E-state index in [-0.39, 0.29) is 5.78 Å². The number of anilines is 2. The minimum atomic E-state index is -0.185. The molecule has 0 spiro atoms. The summed E-state index contributed by atoms with van der Waals surface area (Å²) < 4.78 is 18.1. The molecule has 4 aromatic rings. The highest BCUT2D eigenvalue weighted by atomic mass is 16.5. The van der Waals surface area contributed by atoms with Crippen LogP contribution in [0, 0.1) is 0 Å². The number of hydrogen-bond acceptors (Lipinski definition) is 6. The van der Waals surface area contributed by atoms with Crippen LogP contribution >= 0.6 is 0 Å². The molecule has 7 nitrogen and oxygen atoms in total. The van der Waals surface area contributed by atoms with E-state index in [4.69, 9.17) is 25.7 Å². The van der Waals surface area contributed by atoms with Crippen LogP contribution in [0.3, 0.4) is 0 Å². The maximum atomic E-state index is 13.7. The second-order valence-electron chi connectivity index (χ2n) is 7.45. The summed E-state index contributed by atoms with van der Waals surface area (Å²) in [6.45, 7) is 0. The lowest BCUT2D eigenvalue weighted by Crippen LogP contribution is -2.04. The van der Waals surface area contributed by atoms with Crippen LogP contribution < -0.4 is 25.7 Å². The van der Waals surface area contributed by atoms with Gasteiger partial charge in [-0.15, -0.1) is 0 Å². The van der Waals surface area contributed by atoms with Crippen LogP contribution in [0.15, 0.2) is 73.1 Å². The average molecular weight is 444 g/mol. The number of carbonyl (C=O) groups excluding carboxylic acids is 1. The molecule has 4 rings (SSSR count). The zero-order valence-corrected chi connectivity index (χ0v) is 18.7. The minimum absolute atomic E-state index is 0.185. The summed E-state index contributed by atoms with van der Waals surface area (Å²) in [5, 5.41) is 0. The standard InChI is InChI=1S/C26H25N3O4/c1-31-23-12-17(13-24(32-2)26(23)33-3)25(30)22-15-29(20-10-8-19(28)9-11-20)14-21(22)16-4-6-18(27)7-5-16/h4-15H,27-28H2,1-3H3. The molecule has 33 heavy (non-hydrogen) atoms. The number of nitrogens with zero attached hydrogens (tertiary/aromatic N) is 1. The smallest absolute Gasteiger partial charge is 0.203 e. The molecule has 7 heteroatoms. The number of nitrogen functional groups attached to an aromatic ring is 2. The molecule has 1 heterocycles. The van der Waals surface area contributed by atoms with Crippen LogP contribution in [0.4, 0.5) is 11.4 Å². The fourth-order valence-corrected chi connectivity index (χ4v) is 3.69. The molecule has 4 N–H and O–H groups in total. The second-order valence-corrected chi connectivity index (χ2v) is 7.45. The van der Waals surface area contributed by atoms with Crippen molar-refractivity contribution >= 4 is 17.2 Å². The van der Waals surface area contributed by atoms with Crippen LogP contribution in [0.2, 0.25) is 0 Å². The molecule has 0 saturated carbocycles. The monoisotopic (exact) mass is 443 g/mol. The number of hydrogen-bond donors (Lipinski definition) is 2. The SMILES string of the molecule is COc1cc(C(=O)c2cn(-c3ccc(N)cc3)cc2-c2ccc(N)cc2)cc(OC)c1OC. The fraction of sp³-hybridized carbons (Fsp3) is 0.115. The summed E-state index contributed by atoms with van der Waals surface area (Å²) in [5.41, 5.74) is 16.5. The third-order valence-electron chi connectivity index (χ3n) is 5.41. The summed E-state index contributed by atoms with van der Waals surface area (Å²) in [7, 11) is 4.56. The summed E-state index contributed by atoms with van der Waals surface area (Å²) in [6.07, 6.45) is 3.73. The lowest BCUT2D eigenvalue weighted by atomic mass is 9.97. The van der Waals surface area contributed by atoms with Gasteiger partial charge in [0.25, 0.3) is 0 Å². The van der Waals surface area contributed by atoms with E-state index in [0.29, 0.717) is 39.8 Å². The van der Waals surface area contributed by atoms with Crippen LogP contribution in [-0.2, 0) is 0 Å². The van der Waals surface area contributed by atoms with Gasteiger partial charge in [-0.05, 0) is 54.1 Å². The molecule has 168 valence electrons. The highest BCUT2D eigenvalue weighted by molar-refractivity contribution is 6.13. The van der Waals surface area contributed by atoms with Gasteiger partial charge in [-0.1, -0.05) is 12.1 Å². The van der Waals surface area contributed by atoms with Gasteiger partial charge < -0.3 is 30.2 Å². The van der Waals surface area contributed by atoms with Crippen LogP contribution in [-0.4, -0.2) is 31.7 Å². The average Bonchev–Trinajstić information content (AvgIpc) is 3.28. The predicted molar refractivity (Wildman–Crippen MR) is 130 cm³/mol. The van der Waals surface area contributed by atoms with Gasteiger partial charge in [0, 0.05) is 46.1 Å². The van der Waals surface area contributed by atoms with Gasteiger partial charge in [0.1, 0.15) is 0 Å². The largest absolute Gasteiger partial charge is 0.493 e. The Morgan fingerprint density at radius 3 is 1.82 bits per heavy atom. The highest BCUT2D eigenvalue weighted by Gasteiger charge is 2.22. The first kappa shape index (κ1) is 21.8. The van der Waals surface area contributed by atoms with Crippen LogP contribution in [0.25, 0.3) is 16.8 Å².